The smallest absolute Gasteiger partial charge is 0.317 e. The quantitative estimate of drug-likeness (QED) is 0.829. The number of rotatable bonds is 4. The SMILES string of the molecule is O=C(O)CN1CCCN(C(=O)C=Cc2ccco2)CC1. The molecule has 0 radical (unpaired) electrons. The Morgan fingerprint density at radius 1 is 1.30 bits per heavy atom. The second kappa shape index (κ2) is 6.91. The predicted molar refractivity (Wildman–Crippen MR) is 73.0 cm³/mol. The number of amides is 1. The van der Waals surface area contributed by atoms with Gasteiger partial charge < -0.3 is 14.4 Å². The highest BCUT2D eigenvalue weighted by Crippen LogP contribution is 2.06. The number of aliphatic carboxylic acids is 1. The summed E-state index contributed by atoms with van der Waals surface area (Å²) in [7, 11) is 0. The molecule has 6 heteroatoms. The molecule has 0 atom stereocenters. The Balaban J connectivity index is 1.86. The summed E-state index contributed by atoms with van der Waals surface area (Å²) in [6, 6.07) is 3.54. The summed E-state index contributed by atoms with van der Waals surface area (Å²) in [5.41, 5.74) is 0. The number of carbonyl (C=O) groups excluding carboxylic acids is 1. The van der Waals surface area contributed by atoms with Gasteiger partial charge in [-0.3, -0.25) is 14.5 Å². The Morgan fingerprint density at radius 3 is 2.85 bits per heavy atom. The summed E-state index contributed by atoms with van der Waals surface area (Å²) in [6.07, 6.45) is 5.47. The first-order chi connectivity index (χ1) is 9.65. The summed E-state index contributed by atoms with van der Waals surface area (Å²) < 4.78 is 5.13. The molecule has 1 saturated heterocycles. The molecule has 1 fully saturated rings. The van der Waals surface area contributed by atoms with E-state index >= 15 is 0 Å². The molecule has 20 heavy (non-hydrogen) atoms. The molecule has 0 aliphatic carbocycles. The van der Waals surface area contributed by atoms with Gasteiger partial charge in [-0.1, -0.05) is 0 Å². The van der Waals surface area contributed by atoms with Gasteiger partial charge in [-0.25, -0.2) is 0 Å². The van der Waals surface area contributed by atoms with Crippen LogP contribution in [0.2, 0.25) is 0 Å². The zero-order chi connectivity index (χ0) is 14.4. The van der Waals surface area contributed by atoms with Crippen LogP contribution in [0, 0.1) is 0 Å². The lowest BCUT2D eigenvalue weighted by Gasteiger charge is -2.19. The van der Waals surface area contributed by atoms with E-state index in [0.29, 0.717) is 31.9 Å². The summed E-state index contributed by atoms with van der Waals surface area (Å²) >= 11 is 0. The molecule has 0 bridgehead atoms. The van der Waals surface area contributed by atoms with Crippen molar-refractivity contribution in [2.45, 2.75) is 6.42 Å². The lowest BCUT2D eigenvalue weighted by Crippen LogP contribution is -2.36. The highest BCUT2D eigenvalue weighted by atomic mass is 16.4. The molecule has 2 rings (SSSR count). The van der Waals surface area contributed by atoms with E-state index in [1.807, 2.05) is 4.90 Å². The van der Waals surface area contributed by atoms with E-state index in [1.54, 1.807) is 29.4 Å². The fourth-order valence-electron chi connectivity index (χ4n) is 2.19. The van der Waals surface area contributed by atoms with Gasteiger partial charge in [0.1, 0.15) is 5.76 Å². The third kappa shape index (κ3) is 4.24. The molecule has 1 aromatic heterocycles. The lowest BCUT2D eigenvalue weighted by molar-refractivity contribution is -0.138. The largest absolute Gasteiger partial charge is 0.480 e. The Bertz CT molecular complexity index is 481. The van der Waals surface area contributed by atoms with Crippen LogP contribution in [0.1, 0.15) is 12.2 Å². The molecule has 108 valence electrons. The molecule has 0 unspecified atom stereocenters. The van der Waals surface area contributed by atoms with E-state index in [1.165, 1.54) is 6.08 Å². The molecule has 1 aliphatic rings. The first kappa shape index (κ1) is 14.3. The van der Waals surface area contributed by atoms with Gasteiger partial charge in [0.05, 0.1) is 12.8 Å². The first-order valence-electron chi connectivity index (χ1n) is 6.60. The monoisotopic (exact) mass is 278 g/mol. The van der Waals surface area contributed by atoms with Gasteiger partial charge in [-0.2, -0.15) is 0 Å². The fourth-order valence-corrected chi connectivity index (χ4v) is 2.19. The number of nitrogens with zero attached hydrogens (tertiary/aromatic N) is 2. The van der Waals surface area contributed by atoms with Crippen molar-refractivity contribution in [3.05, 3.63) is 30.2 Å². The van der Waals surface area contributed by atoms with Crippen LogP contribution in [0.5, 0.6) is 0 Å². The number of carbonyl (C=O) groups is 2. The van der Waals surface area contributed by atoms with Crippen LogP contribution in [0.3, 0.4) is 0 Å². The molecule has 0 aromatic carbocycles. The molecular formula is C14H18N2O4. The first-order valence-corrected chi connectivity index (χ1v) is 6.60. The van der Waals surface area contributed by atoms with Crippen LogP contribution >= 0.6 is 0 Å². The van der Waals surface area contributed by atoms with E-state index in [0.717, 1.165) is 6.42 Å². The molecule has 0 spiro atoms. The van der Waals surface area contributed by atoms with Crippen molar-refractivity contribution in [2.24, 2.45) is 0 Å². The highest BCUT2D eigenvalue weighted by Gasteiger charge is 2.18. The summed E-state index contributed by atoms with van der Waals surface area (Å²) in [5.74, 6) is -0.262. The molecule has 6 nitrogen and oxygen atoms in total. The maximum absolute atomic E-state index is 12.0. The minimum Gasteiger partial charge on any atom is -0.480 e. The topological polar surface area (TPSA) is 74.0 Å². The number of carboxylic acids is 1. The van der Waals surface area contributed by atoms with Crippen LogP contribution in [0.15, 0.2) is 28.9 Å². The number of hydrogen-bond donors (Lipinski definition) is 1. The van der Waals surface area contributed by atoms with E-state index < -0.39 is 5.97 Å². The maximum Gasteiger partial charge on any atom is 0.317 e. The summed E-state index contributed by atoms with van der Waals surface area (Å²) in [6.45, 7) is 2.53. The van der Waals surface area contributed by atoms with Gasteiger partial charge in [0.2, 0.25) is 5.91 Å². The zero-order valence-corrected chi connectivity index (χ0v) is 11.2. The minimum absolute atomic E-state index is 0.0320. The molecule has 1 aromatic rings. The molecule has 1 amide bonds. The van der Waals surface area contributed by atoms with Crippen LogP contribution in [-0.4, -0.2) is 59.5 Å². The molecular weight excluding hydrogens is 260 g/mol. The average Bonchev–Trinajstić information content (AvgIpc) is 2.82. The predicted octanol–water partition coefficient (Wildman–Crippen LogP) is 0.912. The lowest BCUT2D eigenvalue weighted by atomic mass is 10.3. The van der Waals surface area contributed by atoms with Crippen molar-refractivity contribution in [1.29, 1.82) is 0 Å². The van der Waals surface area contributed by atoms with Crippen LogP contribution in [-0.2, 0) is 9.59 Å². The van der Waals surface area contributed by atoms with E-state index in [4.69, 9.17) is 9.52 Å². The van der Waals surface area contributed by atoms with Crippen LogP contribution in [0.4, 0.5) is 0 Å². The summed E-state index contributed by atoms with van der Waals surface area (Å²) in [5, 5.41) is 8.78. The van der Waals surface area contributed by atoms with Gasteiger partial charge in [0.25, 0.3) is 0 Å². The summed E-state index contributed by atoms with van der Waals surface area (Å²) in [4.78, 5) is 26.3. The van der Waals surface area contributed by atoms with Gasteiger partial charge in [-0.15, -0.1) is 0 Å². The second-order valence-corrected chi connectivity index (χ2v) is 4.70. The molecule has 1 aliphatic heterocycles. The molecule has 1 N–H and O–H groups in total. The third-order valence-electron chi connectivity index (χ3n) is 3.19. The standard InChI is InChI=1S/C14H18N2O4/c17-13(5-4-12-3-1-10-20-12)16-7-2-6-15(8-9-16)11-14(18)19/h1,3-5,10H,2,6-9,11H2,(H,18,19). The van der Waals surface area contributed by atoms with Gasteiger partial charge >= 0.3 is 5.97 Å². The van der Waals surface area contributed by atoms with Crippen molar-refractivity contribution in [1.82, 2.24) is 9.80 Å². The Labute approximate surface area is 117 Å². The van der Waals surface area contributed by atoms with Crippen molar-refractivity contribution < 1.29 is 19.1 Å². The van der Waals surface area contributed by atoms with Crippen molar-refractivity contribution in [2.75, 3.05) is 32.7 Å². The van der Waals surface area contributed by atoms with E-state index in [2.05, 4.69) is 0 Å². The van der Waals surface area contributed by atoms with Crippen LogP contribution < -0.4 is 0 Å². The molecule has 2 heterocycles. The normalized spacial score (nSPS) is 17.3. The minimum atomic E-state index is -0.831. The van der Waals surface area contributed by atoms with Gasteiger partial charge in [0.15, 0.2) is 0 Å². The second-order valence-electron chi connectivity index (χ2n) is 4.70. The number of hydrogen-bond acceptors (Lipinski definition) is 4. The van der Waals surface area contributed by atoms with Crippen molar-refractivity contribution >= 4 is 18.0 Å². The van der Waals surface area contributed by atoms with Crippen molar-refractivity contribution in [3.63, 3.8) is 0 Å². The van der Waals surface area contributed by atoms with E-state index in [9.17, 15) is 9.59 Å². The highest BCUT2D eigenvalue weighted by molar-refractivity contribution is 5.91. The third-order valence-corrected chi connectivity index (χ3v) is 3.19. The maximum atomic E-state index is 12.0. The zero-order valence-electron chi connectivity index (χ0n) is 11.2. The van der Waals surface area contributed by atoms with Crippen LogP contribution in [0.25, 0.3) is 6.08 Å². The van der Waals surface area contributed by atoms with E-state index in [-0.39, 0.29) is 12.5 Å². The average molecular weight is 278 g/mol. The van der Waals surface area contributed by atoms with Gasteiger partial charge in [-0.05, 0) is 24.6 Å². The molecule has 0 saturated carbocycles. The van der Waals surface area contributed by atoms with Crippen molar-refractivity contribution in [3.8, 4) is 0 Å². The van der Waals surface area contributed by atoms with Gasteiger partial charge in [0, 0.05) is 32.3 Å². The number of furan rings is 1. The fraction of sp³-hybridized carbons (Fsp3) is 0.429. The Morgan fingerprint density at radius 2 is 2.15 bits per heavy atom. The Kier molecular flexibility index (Phi) is 4.95. The number of carboxylic acid groups (broad SMARTS) is 1. The Hall–Kier alpha value is -2.08.